The van der Waals surface area contributed by atoms with Crippen LogP contribution < -0.4 is 10.6 Å². The first kappa shape index (κ1) is 89.7. The molecule has 99 heavy (non-hydrogen) atoms. The molecule has 0 aromatic rings. The average Bonchev–Trinajstić information content (AvgIpc) is 0.835. The van der Waals surface area contributed by atoms with Gasteiger partial charge in [-0.25, -0.2) is 0 Å². The molecule has 15 unspecified atom stereocenters. The number of aliphatic hydroxyl groups excluding tert-OH is 9. The lowest BCUT2D eigenvalue weighted by atomic mass is 9.84. The van der Waals surface area contributed by atoms with Crippen LogP contribution in [0.1, 0.15) is 188 Å². The SMILES string of the molecule is CCOCCOCCC(=O)CC(COCCC(=O)CCCCCC(=O)CCCCOC1OC(CO)C(O)C(O)C1C)(COCCC(=O)CCCCCC(=O)CCCCOC1OC(CO)C(O)C(O)C1C)COCCC(=O)NCCCNC(=O)CCCCOC1OC(CO)C(O)C(O)C1C. The van der Waals surface area contributed by atoms with Gasteiger partial charge in [-0.05, 0) is 77.6 Å². The second-order valence-electron chi connectivity index (χ2n) is 26.7. The van der Waals surface area contributed by atoms with Gasteiger partial charge in [-0.2, -0.15) is 0 Å². The zero-order valence-electron chi connectivity index (χ0n) is 59.4. The highest BCUT2D eigenvalue weighted by Gasteiger charge is 2.45. The van der Waals surface area contributed by atoms with E-state index in [1.54, 1.807) is 20.8 Å². The van der Waals surface area contributed by atoms with Crippen LogP contribution in [0.25, 0.3) is 0 Å². The summed E-state index contributed by atoms with van der Waals surface area (Å²) in [4.78, 5) is 90.6. The maximum atomic E-state index is 13.7. The highest BCUT2D eigenvalue weighted by atomic mass is 16.7. The summed E-state index contributed by atoms with van der Waals surface area (Å²) in [6.45, 7) is 8.12. The van der Waals surface area contributed by atoms with E-state index in [4.69, 9.17) is 52.1 Å². The van der Waals surface area contributed by atoms with E-state index in [1.165, 1.54) is 0 Å². The molecule has 0 bridgehead atoms. The Balaban J connectivity index is 1.47. The molecule has 2 amide bonds. The van der Waals surface area contributed by atoms with Crippen LogP contribution in [0.5, 0.6) is 0 Å². The Labute approximate surface area is 585 Å². The molecule has 29 nitrogen and oxygen atoms in total. The molecular weight excluding hydrogens is 1300 g/mol. The highest BCUT2D eigenvalue weighted by molar-refractivity contribution is 5.80. The van der Waals surface area contributed by atoms with Gasteiger partial charge >= 0.3 is 0 Å². The third kappa shape index (κ3) is 37.2. The van der Waals surface area contributed by atoms with Gasteiger partial charge in [-0.3, -0.25) is 33.6 Å². The fourth-order valence-electron chi connectivity index (χ4n) is 11.7. The van der Waals surface area contributed by atoms with Crippen LogP contribution in [-0.2, 0) is 85.7 Å². The Morgan fingerprint density at radius 2 is 0.657 bits per heavy atom. The minimum atomic E-state index is -1.22. The summed E-state index contributed by atoms with van der Waals surface area (Å²) in [5.41, 5.74) is -1.10. The number of amides is 2. The summed E-state index contributed by atoms with van der Waals surface area (Å²) in [7, 11) is 0. The topological polar surface area (TPSA) is 427 Å². The molecule has 3 aliphatic heterocycles. The molecule has 0 aromatic heterocycles. The van der Waals surface area contributed by atoms with Crippen LogP contribution in [0.3, 0.4) is 0 Å². The van der Waals surface area contributed by atoms with Gasteiger partial charge < -0.3 is 109 Å². The van der Waals surface area contributed by atoms with Crippen LogP contribution in [0.2, 0.25) is 0 Å². The summed E-state index contributed by atoms with van der Waals surface area (Å²) in [5, 5.41) is 95.0. The number of ketones is 5. The van der Waals surface area contributed by atoms with Crippen molar-refractivity contribution in [3.8, 4) is 0 Å². The predicted molar refractivity (Wildman–Crippen MR) is 357 cm³/mol. The lowest BCUT2D eigenvalue weighted by Gasteiger charge is -2.40. The monoisotopic (exact) mass is 1420 g/mol. The largest absolute Gasteiger partial charge is 0.394 e. The molecule has 15 atom stereocenters. The zero-order valence-corrected chi connectivity index (χ0v) is 59.4. The third-order valence-corrected chi connectivity index (χ3v) is 18.2. The first-order valence-electron chi connectivity index (χ1n) is 36.3. The van der Waals surface area contributed by atoms with Gasteiger partial charge in [0.1, 0.15) is 65.5 Å². The van der Waals surface area contributed by atoms with E-state index >= 15 is 0 Å². The van der Waals surface area contributed by atoms with Crippen molar-refractivity contribution in [2.24, 2.45) is 23.2 Å². The van der Waals surface area contributed by atoms with Crippen molar-refractivity contribution < 1.29 is 132 Å². The fraction of sp³-hybridized carbons (Fsp3) is 0.900. The molecule has 29 heteroatoms. The predicted octanol–water partition coefficient (Wildman–Crippen LogP) is 2.18. The molecule has 3 heterocycles. The molecule has 576 valence electrons. The normalized spacial score (nSPS) is 26.2. The lowest BCUT2D eigenvalue weighted by Crippen LogP contribution is -2.55. The number of carbonyl (C=O) groups is 7. The van der Waals surface area contributed by atoms with Crippen LogP contribution in [0.15, 0.2) is 0 Å². The molecule has 0 saturated carbocycles. The Kier molecular flexibility index (Phi) is 48.3. The number of carbonyl (C=O) groups excluding carboxylic acids is 7. The van der Waals surface area contributed by atoms with Gasteiger partial charge in [0.15, 0.2) is 18.9 Å². The number of rotatable bonds is 61. The molecule has 0 spiro atoms. The zero-order chi connectivity index (χ0) is 72.8. The van der Waals surface area contributed by atoms with Crippen LogP contribution >= 0.6 is 0 Å². The molecule has 0 radical (unpaired) electrons. The van der Waals surface area contributed by atoms with E-state index in [-0.39, 0.29) is 165 Å². The summed E-state index contributed by atoms with van der Waals surface area (Å²) < 4.78 is 63.4. The van der Waals surface area contributed by atoms with Gasteiger partial charge in [0.25, 0.3) is 0 Å². The van der Waals surface area contributed by atoms with Crippen LogP contribution in [0, 0.1) is 23.2 Å². The number of Topliss-reactive ketones (excluding diaryl/α,β-unsaturated/α-hetero) is 5. The fourth-order valence-corrected chi connectivity index (χ4v) is 11.7. The van der Waals surface area contributed by atoms with E-state index in [2.05, 4.69) is 10.6 Å². The maximum absolute atomic E-state index is 13.7. The minimum absolute atomic E-state index is 0.0246. The van der Waals surface area contributed by atoms with Gasteiger partial charge in [-0.1, -0.05) is 33.6 Å². The van der Waals surface area contributed by atoms with E-state index in [0.717, 1.165) is 0 Å². The second-order valence-corrected chi connectivity index (χ2v) is 26.7. The van der Waals surface area contributed by atoms with Crippen molar-refractivity contribution in [3.05, 3.63) is 0 Å². The van der Waals surface area contributed by atoms with Crippen molar-refractivity contribution >= 4 is 40.7 Å². The van der Waals surface area contributed by atoms with Gasteiger partial charge in [-0.15, -0.1) is 0 Å². The third-order valence-electron chi connectivity index (χ3n) is 18.2. The minimum Gasteiger partial charge on any atom is -0.394 e. The van der Waals surface area contributed by atoms with Crippen molar-refractivity contribution in [2.75, 3.05) is 119 Å². The van der Waals surface area contributed by atoms with Crippen LogP contribution in [-0.4, -0.2) is 279 Å². The van der Waals surface area contributed by atoms with E-state index in [0.29, 0.717) is 136 Å². The number of ether oxygens (including phenoxy) is 11. The maximum Gasteiger partial charge on any atom is 0.222 e. The van der Waals surface area contributed by atoms with E-state index < -0.39 is 117 Å². The van der Waals surface area contributed by atoms with Gasteiger partial charge in [0.2, 0.25) is 11.8 Å². The smallest absolute Gasteiger partial charge is 0.222 e. The highest BCUT2D eigenvalue weighted by Crippen LogP contribution is 2.31. The number of nitrogens with one attached hydrogen (secondary N) is 2. The molecule has 3 aliphatic rings. The van der Waals surface area contributed by atoms with E-state index in [9.17, 15) is 79.5 Å². The molecule has 3 rings (SSSR count). The van der Waals surface area contributed by atoms with Crippen molar-refractivity contribution in [2.45, 2.75) is 262 Å². The van der Waals surface area contributed by atoms with E-state index in [1.807, 2.05) is 6.92 Å². The summed E-state index contributed by atoms with van der Waals surface area (Å²) >= 11 is 0. The van der Waals surface area contributed by atoms with Gasteiger partial charge in [0, 0.05) is 140 Å². The Bertz CT molecular complexity index is 2000. The lowest BCUT2D eigenvalue weighted by molar-refractivity contribution is -0.282. The van der Waals surface area contributed by atoms with Crippen LogP contribution in [0.4, 0.5) is 0 Å². The first-order chi connectivity index (χ1) is 47.6. The second kappa shape index (κ2) is 53.3. The molecule has 11 N–H and O–H groups in total. The number of hydrogen-bond acceptors (Lipinski definition) is 27. The Hall–Kier alpha value is -3.51. The van der Waals surface area contributed by atoms with Crippen molar-refractivity contribution in [3.63, 3.8) is 0 Å². The molecule has 0 aromatic carbocycles. The summed E-state index contributed by atoms with van der Waals surface area (Å²) in [6, 6.07) is 0. The summed E-state index contributed by atoms with van der Waals surface area (Å²) in [6.07, 6.45) is -2.14. The molecular formula is C70H124N2O27. The van der Waals surface area contributed by atoms with Crippen molar-refractivity contribution in [1.82, 2.24) is 10.6 Å². The molecule has 3 saturated heterocycles. The average molecular weight is 1430 g/mol. The van der Waals surface area contributed by atoms with Crippen molar-refractivity contribution in [1.29, 1.82) is 0 Å². The standard InChI is InChI=1S/C70H124N2O27/c1-5-89-39-40-90-35-28-55(80)41-70(45-91-36-26-53(78)21-10-6-8-19-51(76)23-12-15-32-94-67-48(2)61(83)64(86)56(42-73)97-67,46-92-37-27-54(79)22-11-7-9-20-52(77)24-13-16-33-95-68-49(3)62(84)65(87)57(43-74)98-68)47-93-38-29-60(82)72-31-18-30-71-59(81)25-14-17-34-96-69-50(4)63(85)66(88)58(44-75)99-69/h48-50,56-58,61-69,73-75,83-88H,5-47H2,1-4H3,(H,71,81)(H,72,82). The number of hydrogen-bond donors (Lipinski definition) is 11. The number of unbranched alkanes of at least 4 members (excludes halogenated alkanes) is 7. The molecule has 0 aliphatic carbocycles. The quantitative estimate of drug-likeness (QED) is 0.0389. The first-order valence-corrected chi connectivity index (χ1v) is 36.3. The van der Waals surface area contributed by atoms with Gasteiger partial charge in [0.05, 0.1) is 97.6 Å². The molecule has 3 fully saturated rings. The number of aliphatic hydroxyl groups is 9. The Morgan fingerprint density at radius 3 is 1.03 bits per heavy atom. The summed E-state index contributed by atoms with van der Waals surface area (Å²) in [5.74, 6) is -2.03. The Morgan fingerprint density at radius 1 is 0.343 bits per heavy atom.